The van der Waals surface area contributed by atoms with E-state index in [-0.39, 0.29) is 17.9 Å². The van der Waals surface area contributed by atoms with Crippen molar-refractivity contribution in [3.8, 4) is 5.75 Å². The fourth-order valence-corrected chi connectivity index (χ4v) is 4.72. The molecular weight excluding hydrogens is 454 g/mol. The van der Waals surface area contributed by atoms with Gasteiger partial charge in [-0.3, -0.25) is 9.59 Å². The summed E-state index contributed by atoms with van der Waals surface area (Å²) in [4.78, 5) is 33.5. The van der Waals surface area contributed by atoms with Gasteiger partial charge in [-0.05, 0) is 77.4 Å². The smallest absolute Gasteiger partial charge is 0.271 e. The molecule has 0 radical (unpaired) electrons. The molecule has 1 saturated heterocycles. The monoisotopic (exact) mass is 491 g/mol. The zero-order valence-electron chi connectivity index (χ0n) is 21.8. The van der Waals surface area contributed by atoms with Crippen LogP contribution in [0.4, 0.5) is 5.69 Å². The Morgan fingerprint density at radius 3 is 2.50 bits per heavy atom. The van der Waals surface area contributed by atoms with Gasteiger partial charge in [0.2, 0.25) is 0 Å². The van der Waals surface area contributed by atoms with Crippen LogP contribution in [-0.2, 0) is 13.5 Å². The first-order chi connectivity index (χ1) is 17.4. The molecule has 0 unspecified atom stereocenters. The molecule has 8 heteroatoms. The number of rotatable bonds is 10. The van der Waals surface area contributed by atoms with Gasteiger partial charge in [0.25, 0.3) is 11.8 Å². The summed E-state index contributed by atoms with van der Waals surface area (Å²) in [5, 5.41) is 6.78. The van der Waals surface area contributed by atoms with Crippen molar-refractivity contribution in [1.82, 2.24) is 19.8 Å². The molecule has 1 aliphatic rings. The van der Waals surface area contributed by atoms with Crippen LogP contribution < -0.4 is 15.4 Å². The summed E-state index contributed by atoms with van der Waals surface area (Å²) < 4.78 is 7.96. The van der Waals surface area contributed by atoms with Crippen molar-refractivity contribution in [1.29, 1.82) is 0 Å². The zero-order chi connectivity index (χ0) is 25.7. The molecule has 0 saturated carbocycles. The summed E-state index contributed by atoms with van der Waals surface area (Å²) in [5.41, 5.74) is 3.04. The van der Waals surface area contributed by atoms with Crippen LogP contribution in [0.1, 0.15) is 66.6 Å². The number of amides is 2. The number of likely N-dealkylation sites (tertiary alicyclic amines) is 1. The van der Waals surface area contributed by atoms with E-state index in [2.05, 4.69) is 15.5 Å². The van der Waals surface area contributed by atoms with Crippen molar-refractivity contribution in [2.75, 3.05) is 31.5 Å². The number of aryl methyl sites for hydroxylation is 2. The minimum atomic E-state index is -0.204. The van der Waals surface area contributed by atoms with Gasteiger partial charge in [-0.15, -0.1) is 0 Å². The zero-order valence-corrected chi connectivity index (χ0v) is 21.8. The molecule has 2 N–H and O–H groups in total. The molecule has 2 amide bonds. The van der Waals surface area contributed by atoms with Gasteiger partial charge in [0.05, 0.1) is 22.9 Å². The second-order valence-corrected chi connectivity index (χ2v) is 9.59. The molecule has 8 nitrogen and oxygen atoms in total. The van der Waals surface area contributed by atoms with Crippen LogP contribution in [0, 0.1) is 0 Å². The second-order valence-electron chi connectivity index (χ2n) is 9.59. The number of ether oxygens (including phenoxy) is 1. The number of anilines is 1. The lowest BCUT2D eigenvalue weighted by atomic mass is 10.1. The largest absolute Gasteiger partial charge is 0.488 e. The summed E-state index contributed by atoms with van der Waals surface area (Å²) >= 11 is 0. The standard InChI is InChI=1S/C28H37N5O3/c1-5-22-23(31-27(34)20-12-7-6-8-13-20)18-21-25(36-19(2)3)24(32(4)26(21)30-22)28(35)29-14-11-17-33-15-9-10-16-33/h6-8,12-13,18-19H,5,9-11,14-17H2,1-4H3,(H,29,35)(H,31,34). The third-order valence-electron chi connectivity index (χ3n) is 6.52. The summed E-state index contributed by atoms with van der Waals surface area (Å²) in [6, 6.07) is 11.0. The molecule has 1 aliphatic heterocycles. The SMILES string of the molecule is CCc1nc2c(cc1NC(=O)c1ccccc1)c(OC(C)C)c(C(=O)NCCCN1CCCC1)n2C. The summed E-state index contributed by atoms with van der Waals surface area (Å²) in [5.74, 6) is 0.107. The first kappa shape index (κ1) is 25.7. The highest BCUT2D eigenvalue weighted by atomic mass is 16.5. The van der Waals surface area contributed by atoms with Crippen LogP contribution >= 0.6 is 0 Å². The van der Waals surface area contributed by atoms with Crippen molar-refractivity contribution < 1.29 is 14.3 Å². The third-order valence-corrected chi connectivity index (χ3v) is 6.52. The van der Waals surface area contributed by atoms with Gasteiger partial charge in [0.1, 0.15) is 5.65 Å². The van der Waals surface area contributed by atoms with E-state index in [1.807, 2.05) is 52.1 Å². The van der Waals surface area contributed by atoms with E-state index in [4.69, 9.17) is 9.72 Å². The molecule has 0 atom stereocenters. The minimum absolute atomic E-state index is 0.134. The Balaban J connectivity index is 1.63. The fraction of sp³-hybridized carbons (Fsp3) is 0.464. The third kappa shape index (κ3) is 5.70. The number of aromatic nitrogens is 2. The number of hydrogen-bond acceptors (Lipinski definition) is 5. The van der Waals surface area contributed by atoms with E-state index in [0.29, 0.717) is 46.7 Å². The molecule has 192 valence electrons. The Morgan fingerprint density at radius 1 is 1.11 bits per heavy atom. The Kier molecular flexibility index (Phi) is 8.25. The highest BCUT2D eigenvalue weighted by Crippen LogP contribution is 2.35. The lowest BCUT2D eigenvalue weighted by molar-refractivity contribution is 0.0937. The first-order valence-corrected chi connectivity index (χ1v) is 12.9. The molecule has 0 aliphatic carbocycles. The van der Waals surface area contributed by atoms with Gasteiger partial charge in [0, 0.05) is 19.2 Å². The van der Waals surface area contributed by atoms with E-state index in [9.17, 15) is 9.59 Å². The van der Waals surface area contributed by atoms with Crippen LogP contribution in [0.5, 0.6) is 5.75 Å². The first-order valence-electron chi connectivity index (χ1n) is 12.9. The van der Waals surface area contributed by atoms with Crippen LogP contribution in [0.15, 0.2) is 36.4 Å². The maximum Gasteiger partial charge on any atom is 0.271 e. The predicted octanol–water partition coefficient (Wildman–Crippen LogP) is 4.39. The highest BCUT2D eigenvalue weighted by molar-refractivity contribution is 6.07. The molecule has 0 spiro atoms. The van der Waals surface area contributed by atoms with Crippen LogP contribution in [0.2, 0.25) is 0 Å². The van der Waals surface area contributed by atoms with E-state index >= 15 is 0 Å². The average molecular weight is 492 g/mol. The number of fused-ring (bicyclic) bond motifs is 1. The summed E-state index contributed by atoms with van der Waals surface area (Å²) in [6.07, 6.45) is 3.93. The molecule has 0 bridgehead atoms. The van der Waals surface area contributed by atoms with E-state index in [1.165, 1.54) is 12.8 Å². The number of carbonyl (C=O) groups is 2. The fourth-order valence-electron chi connectivity index (χ4n) is 4.72. The Labute approximate surface area is 213 Å². The predicted molar refractivity (Wildman–Crippen MR) is 143 cm³/mol. The second kappa shape index (κ2) is 11.6. The lowest BCUT2D eigenvalue weighted by Gasteiger charge is -2.15. The Bertz CT molecular complexity index is 1210. The molecule has 1 aromatic carbocycles. The topological polar surface area (TPSA) is 88.5 Å². The van der Waals surface area contributed by atoms with Crippen molar-refractivity contribution in [3.05, 3.63) is 53.3 Å². The maximum atomic E-state index is 13.3. The van der Waals surface area contributed by atoms with Crippen LogP contribution in [-0.4, -0.2) is 58.5 Å². The van der Waals surface area contributed by atoms with Crippen molar-refractivity contribution in [2.45, 2.75) is 52.6 Å². The number of hydrogen-bond donors (Lipinski definition) is 2. The lowest BCUT2D eigenvalue weighted by Crippen LogP contribution is -2.30. The van der Waals surface area contributed by atoms with Gasteiger partial charge >= 0.3 is 0 Å². The van der Waals surface area contributed by atoms with E-state index in [0.717, 1.165) is 31.7 Å². The van der Waals surface area contributed by atoms with Gasteiger partial charge in [-0.2, -0.15) is 0 Å². The summed E-state index contributed by atoms with van der Waals surface area (Å²) in [6.45, 7) is 9.76. The van der Waals surface area contributed by atoms with Crippen molar-refractivity contribution in [2.24, 2.45) is 7.05 Å². The van der Waals surface area contributed by atoms with Crippen LogP contribution in [0.3, 0.4) is 0 Å². The van der Waals surface area contributed by atoms with Gasteiger partial charge in [-0.1, -0.05) is 25.1 Å². The number of nitrogens with zero attached hydrogens (tertiary/aromatic N) is 3. The molecule has 3 heterocycles. The number of nitrogens with one attached hydrogen (secondary N) is 2. The molecular formula is C28H37N5O3. The van der Waals surface area contributed by atoms with Crippen molar-refractivity contribution >= 4 is 28.5 Å². The molecule has 36 heavy (non-hydrogen) atoms. The Morgan fingerprint density at radius 2 is 1.83 bits per heavy atom. The quantitative estimate of drug-likeness (QED) is 0.411. The molecule has 1 fully saturated rings. The number of carbonyl (C=O) groups excluding carboxylic acids is 2. The minimum Gasteiger partial charge on any atom is -0.488 e. The maximum absolute atomic E-state index is 13.3. The highest BCUT2D eigenvalue weighted by Gasteiger charge is 2.26. The van der Waals surface area contributed by atoms with Crippen molar-refractivity contribution in [3.63, 3.8) is 0 Å². The van der Waals surface area contributed by atoms with E-state index in [1.54, 1.807) is 16.7 Å². The molecule has 3 aromatic rings. The van der Waals surface area contributed by atoms with E-state index < -0.39 is 0 Å². The normalized spacial score (nSPS) is 13.9. The van der Waals surface area contributed by atoms with Crippen LogP contribution in [0.25, 0.3) is 11.0 Å². The summed E-state index contributed by atoms with van der Waals surface area (Å²) in [7, 11) is 1.84. The molecule has 2 aromatic heterocycles. The number of benzene rings is 1. The number of pyridine rings is 1. The van der Waals surface area contributed by atoms with Gasteiger partial charge in [-0.25, -0.2) is 4.98 Å². The van der Waals surface area contributed by atoms with Gasteiger partial charge in [0.15, 0.2) is 11.4 Å². The molecule has 4 rings (SSSR count). The average Bonchev–Trinajstić information content (AvgIpc) is 3.48. The Hall–Kier alpha value is -3.39. The van der Waals surface area contributed by atoms with Gasteiger partial charge < -0.3 is 24.8 Å².